The maximum absolute atomic E-state index is 12.4. The molecular formula is C36H36N2O8S. The lowest BCUT2D eigenvalue weighted by Crippen LogP contribution is -2.35. The van der Waals surface area contributed by atoms with Crippen LogP contribution < -0.4 is 5.32 Å². The van der Waals surface area contributed by atoms with Crippen LogP contribution in [0.3, 0.4) is 0 Å². The Morgan fingerprint density at radius 1 is 0.979 bits per heavy atom. The number of rotatable bonds is 12. The first-order chi connectivity index (χ1) is 22.7. The van der Waals surface area contributed by atoms with Crippen LogP contribution in [0.15, 0.2) is 96.2 Å². The summed E-state index contributed by atoms with van der Waals surface area (Å²) in [4.78, 5) is 39.6. The van der Waals surface area contributed by atoms with E-state index in [-0.39, 0.29) is 36.8 Å². The fourth-order valence-electron chi connectivity index (χ4n) is 5.27. The first-order valence-electron chi connectivity index (χ1n) is 15.2. The van der Waals surface area contributed by atoms with Gasteiger partial charge in [0.15, 0.2) is 12.4 Å². The van der Waals surface area contributed by atoms with Crippen LogP contribution in [0, 0.1) is 0 Å². The van der Waals surface area contributed by atoms with Crippen LogP contribution in [0.25, 0.3) is 11.1 Å². The van der Waals surface area contributed by atoms with E-state index in [0.29, 0.717) is 17.2 Å². The summed E-state index contributed by atoms with van der Waals surface area (Å²) >= 11 is 1.33. The predicted molar refractivity (Wildman–Crippen MR) is 175 cm³/mol. The van der Waals surface area contributed by atoms with E-state index in [1.807, 2.05) is 72.8 Å². The van der Waals surface area contributed by atoms with Gasteiger partial charge in [-0.15, -0.1) is 11.8 Å². The van der Waals surface area contributed by atoms with Crippen molar-refractivity contribution in [2.75, 3.05) is 5.75 Å². The number of pyridine rings is 1. The molecule has 3 aromatic carbocycles. The number of ether oxygens (including phenoxy) is 3. The summed E-state index contributed by atoms with van der Waals surface area (Å²) in [7, 11) is 0. The topological polar surface area (TPSA) is 144 Å². The predicted octanol–water partition coefficient (Wildman–Crippen LogP) is 5.84. The Morgan fingerprint density at radius 3 is 2.40 bits per heavy atom. The highest BCUT2D eigenvalue weighted by atomic mass is 32.2. The lowest BCUT2D eigenvalue weighted by molar-refractivity contribution is -0.245. The number of hydrogen-bond donors (Lipinski definition) is 3. The maximum Gasteiger partial charge on any atom is 0.338 e. The second kappa shape index (κ2) is 15.8. The minimum Gasteiger partial charge on any atom is -0.478 e. The highest BCUT2D eigenvalue weighted by molar-refractivity contribution is 7.99. The van der Waals surface area contributed by atoms with E-state index in [2.05, 4.69) is 10.3 Å². The number of carbonyl (C=O) groups is 3. The third-order valence-electron chi connectivity index (χ3n) is 7.70. The van der Waals surface area contributed by atoms with Crippen molar-refractivity contribution in [3.8, 4) is 11.1 Å². The zero-order valence-electron chi connectivity index (χ0n) is 26.0. The van der Waals surface area contributed by atoms with Crippen molar-refractivity contribution in [2.45, 2.75) is 63.0 Å². The first-order valence-corrected chi connectivity index (χ1v) is 16.1. The van der Waals surface area contributed by atoms with Gasteiger partial charge in [-0.05, 0) is 46.9 Å². The molecule has 10 nitrogen and oxygen atoms in total. The summed E-state index contributed by atoms with van der Waals surface area (Å²) in [5.41, 5.74) is 5.47. The zero-order chi connectivity index (χ0) is 33.3. The van der Waals surface area contributed by atoms with Crippen LogP contribution >= 0.6 is 11.8 Å². The fraction of sp³-hybridized carbons (Fsp3) is 0.278. The Hall–Kier alpha value is -4.55. The van der Waals surface area contributed by atoms with Gasteiger partial charge >= 0.3 is 11.9 Å². The van der Waals surface area contributed by atoms with Gasteiger partial charge in [-0.3, -0.25) is 9.59 Å². The number of nitrogens with one attached hydrogen (secondary N) is 1. The van der Waals surface area contributed by atoms with E-state index in [0.717, 1.165) is 33.4 Å². The van der Waals surface area contributed by atoms with Gasteiger partial charge in [0.05, 0.1) is 24.4 Å². The van der Waals surface area contributed by atoms with E-state index in [1.54, 1.807) is 12.3 Å². The minimum atomic E-state index is -1.03. The lowest BCUT2D eigenvalue weighted by Gasteiger charge is -2.36. The van der Waals surface area contributed by atoms with E-state index in [4.69, 9.17) is 14.2 Å². The van der Waals surface area contributed by atoms with Crippen molar-refractivity contribution >= 4 is 29.6 Å². The Labute approximate surface area is 277 Å². The average Bonchev–Trinajstić information content (AvgIpc) is 3.09. The molecule has 0 bridgehead atoms. The van der Waals surface area contributed by atoms with Crippen molar-refractivity contribution in [3.05, 3.63) is 119 Å². The van der Waals surface area contributed by atoms with E-state index in [9.17, 15) is 24.6 Å². The fourth-order valence-corrected chi connectivity index (χ4v) is 6.27. The smallest absolute Gasteiger partial charge is 0.338 e. The van der Waals surface area contributed by atoms with Gasteiger partial charge in [-0.25, -0.2) is 9.78 Å². The molecule has 4 atom stereocenters. The maximum atomic E-state index is 12.4. The van der Waals surface area contributed by atoms with Crippen molar-refractivity contribution in [3.63, 3.8) is 0 Å². The Balaban J connectivity index is 1.34. The molecule has 0 radical (unpaired) electrons. The number of benzene rings is 3. The number of aliphatic hydroxyl groups excluding tert-OH is 1. The highest BCUT2D eigenvalue weighted by Crippen LogP contribution is 2.40. The Kier molecular flexibility index (Phi) is 11.4. The molecule has 244 valence electrons. The van der Waals surface area contributed by atoms with Crippen LogP contribution in [0.2, 0.25) is 0 Å². The molecule has 1 fully saturated rings. The minimum absolute atomic E-state index is 0.0535. The van der Waals surface area contributed by atoms with E-state index >= 15 is 0 Å². The molecule has 47 heavy (non-hydrogen) atoms. The SMILES string of the molecule is CC(=O)O[C@@H](C)C(=O)NCc1ccccc1-c1ccc([C@H]2O[C@@H](CSc3ncccc3C(=O)O)C[C@@H](c3ccc(CO)cc3)O2)cc1. The van der Waals surface area contributed by atoms with Gasteiger partial charge in [0, 0.05) is 37.4 Å². The van der Waals surface area contributed by atoms with Crippen molar-refractivity contribution in [1.82, 2.24) is 10.3 Å². The summed E-state index contributed by atoms with van der Waals surface area (Å²) in [5.74, 6) is -1.47. The molecule has 2 heterocycles. The molecule has 4 aromatic rings. The summed E-state index contributed by atoms with van der Waals surface area (Å²) < 4.78 is 17.9. The monoisotopic (exact) mass is 656 g/mol. The summed E-state index contributed by atoms with van der Waals surface area (Å²) in [6, 6.07) is 26.3. The molecule has 0 unspecified atom stereocenters. The van der Waals surface area contributed by atoms with Crippen molar-refractivity contribution < 1.29 is 38.8 Å². The summed E-state index contributed by atoms with van der Waals surface area (Å²) in [6.45, 7) is 3.00. The van der Waals surface area contributed by atoms with Crippen LogP contribution in [0.1, 0.15) is 65.3 Å². The first kappa shape index (κ1) is 33.8. The number of aliphatic hydroxyl groups is 1. The molecule has 0 spiro atoms. The molecule has 1 aliphatic rings. The van der Waals surface area contributed by atoms with Gasteiger partial charge in [0.25, 0.3) is 5.91 Å². The molecule has 1 amide bonds. The molecule has 1 aromatic heterocycles. The third kappa shape index (κ3) is 8.83. The number of thioether (sulfide) groups is 1. The second-order valence-electron chi connectivity index (χ2n) is 11.1. The molecule has 11 heteroatoms. The third-order valence-corrected chi connectivity index (χ3v) is 8.84. The van der Waals surface area contributed by atoms with Crippen LogP contribution in [-0.2, 0) is 37.0 Å². The molecular weight excluding hydrogens is 620 g/mol. The van der Waals surface area contributed by atoms with Crippen LogP contribution in [0.4, 0.5) is 0 Å². The second-order valence-corrected chi connectivity index (χ2v) is 12.1. The van der Waals surface area contributed by atoms with Gasteiger partial charge in [-0.2, -0.15) is 0 Å². The number of amides is 1. The van der Waals surface area contributed by atoms with Crippen LogP contribution in [-0.4, -0.2) is 51.0 Å². The summed E-state index contributed by atoms with van der Waals surface area (Å²) in [5, 5.41) is 22.4. The Morgan fingerprint density at radius 2 is 1.70 bits per heavy atom. The number of esters is 1. The average molecular weight is 657 g/mol. The largest absolute Gasteiger partial charge is 0.478 e. The number of carboxylic acids is 1. The molecule has 1 saturated heterocycles. The number of carbonyl (C=O) groups excluding carboxylic acids is 2. The number of hydrogen-bond acceptors (Lipinski definition) is 9. The van der Waals surface area contributed by atoms with Gasteiger partial charge in [0.2, 0.25) is 0 Å². The van der Waals surface area contributed by atoms with Gasteiger partial charge < -0.3 is 29.7 Å². The number of aromatic nitrogens is 1. The van der Waals surface area contributed by atoms with Crippen molar-refractivity contribution in [2.24, 2.45) is 0 Å². The zero-order valence-corrected chi connectivity index (χ0v) is 26.8. The highest BCUT2D eigenvalue weighted by Gasteiger charge is 2.32. The molecule has 5 rings (SSSR count). The van der Waals surface area contributed by atoms with Crippen molar-refractivity contribution in [1.29, 1.82) is 0 Å². The molecule has 0 aliphatic carbocycles. The molecule has 1 aliphatic heterocycles. The lowest BCUT2D eigenvalue weighted by atomic mass is 9.97. The normalized spacial score (nSPS) is 18.2. The summed E-state index contributed by atoms with van der Waals surface area (Å²) in [6.07, 6.45) is -0.0334. The number of aromatic carboxylic acids is 1. The van der Waals surface area contributed by atoms with Crippen LogP contribution in [0.5, 0.6) is 0 Å². The Bertz CT molecular complexity index is 1700. The molecule has 3 N–H and O–H groups in total. The standard InChI is InChI=1S/C36H36N2O8S/c1-22(44-23(2)40)33(41)38-19-28-6-3-4-7-30(28)25-13-15-27(16-14-25)36-45-29(21-47-34-31(35(42)43)8-5-17-37-34)18-32(46-36)26-11-9-24(20-39)10-12-26/h3-17,22,29,32,36,39H,18-21H2,1-2H3,(H,38,41)(H,42,43)/t22-,29+,32-,36-/m0/s1. The molecule has 0 saturated carbocycles. The van der Waals surface area contributed by atoms with Gasteiger partial charge in [-0.1, -0.05) is 72.8 Å². The number of nitrogens with zero attached hydrogens (tertiary/aromatic N) is 1. The van der Waals surface area contributed by atoms with E-state index < -0.39 is 24.3 Å². The van der Waals surface area contributed by atoms with E-state index in [1.165, 1.54) is 31.7 Å². The number of carboxylic acid groups (broad SMARTS) is 1. The quantitative estimate of drug-likeness (QED) is 0.126. The van der Waals surface area contributed by atoms with Gasteiger partial charge in [0.1, 0.15) is 5.03 Å².